The van der Waals surface area contributed by atoms with Crippen LogP contribution < -0.4 is 11.1 Å². The molecule has 2 aromatic carbocycles. The summed E-state index contributed by atoms with van der Waals surface area (Å²) in [7, 11) is 0. The van der Waals surface area contributed by atoms with E-state index in [-0.39, 0.29) is 0 Å². The van der Waals surface area contributed by atoms with Gasteiger partial charge in [0.15, 0.2) is 0 Å². The predicted octanol–water partition coefficient (Wildman–Crippen LogP) is 4.52. The van der Waals surface area contributed by atoms with Crippen molar-refractivity contribution < 1.29 is 0 Å². The van der Waals surface area contributed by atoms with Crippen molar-refractivity contribution >= 4 is 23.1 Å². The normalized spacial score (nSPS) is 10.4. The summed E-state index contributed by atoms with van der Waals surface area (Å²) in [6.07, 6.45) is 1.24. The Morgan fingerprint density at radius 1 is 0.950 bits per heavy atom. The average Bonchev–Trinajstić information content (AvgIpc) is 2.48. The van der Waals surface area contributed by atoms with Crippen molar-refractivity contribution in [1.82, 2.24) is 0 Å². The van der Waals surface area contributed by atoms with E-state index in [1.165, 1.54) is 23.3 Å². The molecule has 0 saturated carbocycles. The molecule has 0 aliphatic heterocycles. The van der Waals surface area contributed by atoms with Gasteiger partial charge in [-0.15, -0.1) is 0 Å². The van der Waals surface area contributed by atoms with Crippen LogP contribution in [0.1, 0.15) is 24.5 Å². The largest absolute Gasteiger partial charge is 0.399 e. The molecule has 0 radical (unpaired) electrons. The molecule has 0 fully saturated rings. The molecule has 3 N–H and O–H groups in total. The molecule has 0 aromatic heterocycles. The number of nitrogens with one attached hydrogen (secondary N) is 1. The summed E-state index contributed by atoms with van der Waals surface area (Å²) in [5, 5.41) is 3.43. The van der Waals surface area contributed by atoms with Gasteiger partial charge in [-0.25, -0.2) is 0 Å². The lowest BCUT2D eigenvalue weighted by Gasteiger charge is -2.08. The Bertz CT molecular complexity index is 506. The number of benzene rings is 2. The van der Waals surface area contributed by atoms with Crippen LogP contribution in [0.3, 0.4) is 0 Å². The first-order valence-electron chi connectivity index (χ1n) is 7.03. The lowest BCUT2D eigenvalue weighted by Crippen LogP contribution is -1.99. The number of nitrogen functional groups attached to an aromatic ring is 1. The quantitative estimate of drug-likeness (QED) is 0.580. The SMILES string of the molecule is CCCSCc1ccc(NCc2ccc(N)cc2)cc1. The standard InChI is InChI=1S/C17H22N2S/c1-2-11-20-13-15-5-9-17(10-6-15)19-12-14-3-7-16(18)8-4-14/h3-10,19H,2,11-13,18H2,1H3. The van der Waals surface area contributed by atoms with E-state index in [1.54, 1.807) is 0 Å². The van der Waals surface area contributed by atoms with Gasteiger partial charge in [-0.05, 0) is 47.6 Å². The predicted molar refractivity (Wildman–Crippen MR) is 91.1 cm³/mol. The number of anilines is 2. The Morgan fingerprint density at radius 2 is 1.60 bits per heavy atom. The minimum Gasteiger partial charge on any atom is -0.399 e. The molecule has 0 bridgehead atoms. The zero-order chi connectivity index (χ0) is 14.2. The van der Waals surface area contributed by atoms with E-state index in [0.29, 0.717) is 0 Å². The van der Waals surface area contributed by atoms with Gasteiger partial charge >= 0.3 is 0 Å². The van der Waals surface area contributed by atoms with Crippen LogP contribution >= 0.6 is 11.8 Å². The molecule has 3 heteroatoms. The van der Waals surface area contributed by atoms with E-state index in [4.69, 9.17) is 5.73 Å². The molecule has 2 aromatic rings. The smallest absolute Gasteiger partial charge is 0.0400 e. The maximum Gasteiger partial charge on any atom is 0.0400 e. The van der Waals surface area contributed by atoms with Gasteiger partial charge in [0, 0.05) is 23.7 Å². The van der Waals surface area contributed by atoms with Gasteiger partial charge in [0.1, 0.15) is 0 Å². The van der Waals surface area contributed by atoms with Crippen LogP contribution in [-0.4, -0.2) is 5.75 Å². The first-order chi connectivity index (χ1) is 9.78. The van der Waals surface area contributed by atoms with Crippen molar-refractivity contribution in [3.8, 4) is 0 Å². The molecule has 0 unspecified atom stereocenters. The van der Waals surface area contributed by atoms with Gasteiger partial charge < -0.3 is 11.1 Å². The summed E-state index contributed by atoms with van der Waals surface area (Å²) in [4.78, 5) is 0. The summed E-state index contributed by atoms with van der Waals surface area (Å²) < 4.78 is 0. The van der Waals surface area contributed by atoms with Crippen molar-refractivity contribution in [2.45, 2.75) is 25.6 Å². The fraction of sp³-hybridized carbons (Fsp3) is 0.294. The molecule has 0 aliphatic rings. The van der Waals surface area contributed by atoms with Gasteiger partial charge in [0.25, 0.3) is 0 Å². The van der Waals surface area contributed by atoms with E-state index >= 15 is 0 Å². The minimum absolute atomic E-state index is 0.808. The monoisotopic (exact) mass is 286 g/mol. The van der Waals surface area contributed by atoms with E-state index < -0.39 is 0 Å². The highest BCUT2D eigenvalue weighted by Gasteiger charge is 1.96. The van der Waals surface area contributed by atoms with Gasteiger partial charge in [-0.3, -0.25) is 0 Å². The van der Waals surface area contributed by atoms with Crippen molar-refractivity contribution in [3.05, 3.63) is 59.7 Å². The second-order valence-electron chi connectivity index (χ2n) is 4.84. The number of rotatable bonds is 7. The van der Waals surface area contributed by atoms with E-state index in [9.17, 15) is 0 Å². The van der Waals surface area contributed by atoms with Gasteiger partial charge in [0.2, 0.25) is 0 Å². The molecule has 0 aliphatic carbocycles. The van der Waals surface area contributed by atoms with Crippen LogP contribution in [-0.2, 0) is 12.3 Å². The number of nitrogens with two attached hydrogens (primary N) is 1. The van der Waals surface area contributed by atoms with E-state index in [2.05, 4.69) is 48.6 Å². The third-order valence-corrected chi connectivity index (χ3v) is 4.28. The molecule has 106 valence electrons. The summed E-state index contributed by atoms with van der Waals surface area (Å²) >= 11 is 1.99. The van der Waals surface area contributed by atoms with Crippen molar-refractivity contribution in [1.29, 1.82) is 0 Å². The fourth-order valence-corrected chi connectivity index (χ4v) is 2.75. The lowest BCUT2D eigenvalue weighted by atomic mass is 10.2. The Labute approximate surface area is 125 Å². The fourth-order valence-electron chi connectivity index (χ4n) is 1.89. The second kappa shape index (κ2) is 7.85. The molecule has 0 saturated heterocycles. The minimum atomic E-state index is 0.808. The Hall–Kier alpha value is -1.61. The van der Waals surface area contributed by atoms with Crippen molar-refractivity contribution in [3.63, 3.8) is 0 Å². The van der Waals surface area contributed by atoms with Gasteiger partial charge in [-0.1, -0.05) is 31.2 Å². The van der Waals surface area contributed by atoms with Crippen molar-refractivity contribution in [2.75, 3.05) is 16.8 Å². The summed E-state index contributed by atoms with van der Waals surface area (Å²) in [6, 6.07) is 16.7. The molecule has 2 nitrogen and oxygen atoms in total. The molecule has 20 heavy (non-hydrogen) atoms. The molecule has 0 atom stereocenters. The summed E-state index contributed by atoms with van der Waals surface area (Å²) in [5.74, 6) is 2.34. The van der Waals surface area contributed by atoms with Crippen LogP contribution in [0.15, 0.2) is 48.5 Å². The third kappa shape index (κ3) is 4.82. The van der Waals surface area contributed by atoms with Crippen LogP contribution in [0.4, 0.5) is 11.4 Å². The summed E-state index contributed by atoms with van der Waals surface area (Å²) in [6.45, 7) is 3.04. The molecule has 2 rings (SSSR count). The lowest BCUT2D eigenvalue weighted by molar-refractivity contribution is 1.10. The highest BCUT2D eigenvalue weighted by molar-refractivity contribution is 7.98. The Morgan fingerprint density at radius 3 is 2.25 bits per heavy atom. The topological polar surface area (TPSA) is 38.0 Å². The number of hydrogen-bond donors (Lipinski definition) is 2. The van der Waals surface area contributed by atoms with Crippen LogP contribution in [0.25, 0.3) is 0 Å². The first kappa shape index (κ1) is 14.8. The highest BCUT2D eigenvalue weighted by Crippen LogP contribution is 2.16. The molecule has 0 amide bonds. The van der Waals surface area contributed by atoms with Crippen molar-refractivity contribution in [2.24, 2.45) is 0 Å². The average molecular weight is 286 g/mol. The van der Waals surface area contributed by atoms with Gasteiger partial charge in [-0.2, -0.15) is 11.8 Å². The third-order valence-electron chi connectivity index (χ3n) is 3.05. The molecule has 0 spiro atoms. The van der Waals surface area contributed by atoms with Crippen LogP contribution in [0, 0.1) is 0 Å². The van der Waals surface area contributed by atoms with E-state index in [0.717, 1.165) is 23.7 Å². The molecular weight excluding hydrogens is 264 g/mol. The highest BCUT2D eigenvalue weighted by atomic mass is 32.2. The molecule has 0 heterocycles. The van der Waals surface area contributed by atoms with Crippen LogP contribution in [0.5, 0.6) is 0 Å². The first-order valence-corrected chi connectivity index (χ1v) is 8.18. The maximum absolute atomic E-state index is 5.68. The Kier molecular flexibility index (Phi) is 5.81. The van der Waals surface area contributed by atoms with Gasteiger partial charge in [0.05, 0.1) is 0 Å². The molecular formula is C17H22N2S. The van der Waals surface area contributed by atoms with E-state index in [1.807, 2.05) is 23.9 Å². The Balaban J connectivity index is 1.82. The zero-order valence-corrected chi connectivity index (χ0v) is 12.7. The maximum atomic E-state index is 5.68. The second-order valence-corrected chi connectivity index (χ2v) is 5.95. The van der Waals surface area contributed by atoms with Crippen LogP contribution in [0.2, 0.25) is 0 Å². The zero-order valence-electron chi connectivity index (χ0n) is 11.9. The number of thioether (sulfide) groups is 1. The summed E-state index contributed by atoms with van der Waals surface area (Å²) in [5.41, 5.74) is 10.3. The number of hydrogen-bond acceptors (Lipinski definition) is 3.